The van der Waals surface area contributed by atoms with E-state index in [0.29, 0.717) is 0 Å². The molecule has 0 unspecified atom stereocenters. The summed E-state index contributed by atoms with van der Waals surface area (Å²) in [5, 5.41) is 81.5. The zero-order valence-electron chi connectivity index (χ0n) is 46.2. The van der Waals surface area contributed by atoms with E-state index in [4.69, 9.17) is 49.4 Å². The maximum Gasteiger partial charge on any atom is 0.515 e. The highest BCUT2D eigenvalue weighted by molar-refractivity contribution is 7.14. The summed E-state index contributed by atoms with van der Waals surface area (Å²) in [6.45, 7) is 0. The number of hydrogen-bond acceptors (Lipinski definition) is 20. The molecule has 0 atom stereocenters. The fraction of sp³-hybridized carbons (Fsp3) is 0. The van der Waals surface area contributed by atoms with Crippen LogP contribution in [0.2, 0.25) is 0 Å². The first kappa shape index (κ1) is 61.6. The highest BCUT2D eigenvalue weighted by Crippen LogP contribution is 2.49. The number of aromatic carboxylic acids is 8. The van der Waals surface area contributed by atoms with Gasteiger partial charge in [-0.3, -0.25) is 0 Å². The molecule has 0 aromatic heterocycles. The first-order valence-corrected chi connectivity index (χ1v) is 40.7. The third-order valence-electron chi connectivity index (χ3n) is 15.1. The lowest BCUT2D eigenvalue weighted by Gasteiger charge is -2.62. The van der Waals surface area contributed by atoms with Gasteiger partial charge in [-0.15, -0.1) is 0 Å². The van der Waals surface area contributed by atoms with Gasteiger partial charge in [0.15, 0.2) is 0 Å². The van der Waals surface area contributed by atoms with Crippen molar-refractivity contribution in [1.29, 1.82) is 0 Å². The third kappa shape index (κ3) is 10.4. The third-order valence-corrected chi connectivity index (χ3v) is 49.2. The quantitative estimate of drug-likeness (QED) is 0.0614. The van der Waals surface area contributed by atoms with Crippen LogP contribution in [0.4, 0.5) is 0 Å². The van der Waals surface area contributed by atoms with E-state index in [1.54, 1.807) is 0 Å². The molecule has 8 bridgehead atoms. The van der Waals surface area contributed by atoms with E-state index in [9.17, 15) is 79.2 Å². The van der Waals surface area contributed by atoms with E-state index in [1.165, 1.54) is 97.1 Å². The van der Waals surface area contributed by atoms with Crippen molar-refractivity contribution in [2.45, 2.75) is 0 Å². The molecule has 8 aromatic carbocycles. The van der Waals surface area contributed by atoms with E-state index in [2.05, 4.69) is 0 Å². The molecule has 8 N–H and O–H groups in total. The van der Waals surface area contributed by atoms with Gasteiger partial charge >= 0.3 is 118 Å². The molecule has 6 heterocycles. The summed E-state index contributed by atoms with van der Waals surface area (Å²) >= 11 is 0. The SMILES string of the molecule is O=C(O)c1ccc([Si]23O[Si]4(c5ccc(C(=O)O)cc5)O[Si]5(c6ccc(C(=O)O)cc6)O[Si](c6ccc(C(=O)O)cc6)(O2)O[Si]2(c6ccc(C(=O)O)cc6)O[Si](c6ccc(C(=O)O)cc6)(O3)O[Si](c3ccc(C(=O)O)cc3)(O4)O[Si](c3ccc(C(=O)O)cc3)(O5)O2)cc1. The van der Waals surface area contributed by atoms with Crippen LogP contribution in [0.15, 0.2) is 194 Å². The molecule has 14 rings (SSSR count). The average Bonchev–Trinajstić information content (AvgIpc) is 0.666. The van der Waals surface area contributed by atoms with Gasteiger partial charge in [0.05, 0.1) is 44.5 Å². The van der Waals surface area contributed by atoms with Crippen molar-refractivity contribution in [2.24, 2.45) is 0 Å². The topological polar surface area (TPSA) is 409 Å². The van der Waals surface area contributed by atoms with Crippen LogP contribution in [0.25, 0.3) is 0 Å². The Hall–Kier alpha value is -9.22. The second kappa shape index (κ2) is 22.3. The number of carboxylic acids is 8. The molecule has 92 heavy (non-hydrogen) atoms. The van der Waals surface area contributed by atoms with Gasteiger partial charge in [-0.25, -0.2) is 38.4 Å². The highest BCUT2D eigenvalue weighted by atomic mass is 28.6. The Labute approximate surface area is 524 Å². The maximum atomic E-state index is 12.8. The zero-order chi connectivity index (χ0) is 65.0. The fourth-order valence-corrected chi connectivity index (χ4v) is 56.5. The molecule has 6 fully saturated rings. The maximum absolute atomic E-state index is 12.8. The molecule has 0 spiro atoms. The van der Waals surface area contributed by atoms with Gasteiger partial charge in [0.2, 0.25) is 0 Å². The predicted molar refractivity (Wildman–Crippen MR) is 323 cm³/mol. The minimum absolute atomic E-state index is 0.190. The molecule has 0 aliphatic carbocycles. The number of hydrogen-bond donors (Lipinski definition) is 8. The second-order valence-corrected chi connectivity index (χ2v) is 44.0. The minimum Gasteiger partial charge on any atom is -0.478 e. The molecular weight excluding hydrogens is 1350 g/mol. The largest absolute Gasteiger partial charge is 0.515 e. The number of rotatable bonds is 16. The van der Waals surface area contributed by atoms with Gasteiger partial charge < -0.3 is 90.2 Å². The summed E-state index contributed by atoms with van der Waals surface area (Å²) in [4.78, 5) is 102. The van der Waals surface area contributed by atoms with E-state index >= 15 is 0 Å². The number of carbonyl (C=O) groups is 8. The summed E-state index contributed by atoms with van der Waals surface area (Å²) in [5.41, 5.74) is -2.41. The summed E-state index contributed by atoms with van der Waals surface area (Å²) in [6.07, 6.45) is 0. The standard InChI is InChI=1S/C56H40O28Si8/c57-49(58)33-1-17-41(18-2-33)85-73-86(42-19-3-34(4-20-42)50(59)60)76-89(45-25-9-37(10-26-45)53(65)66)78-87(74-85,43-21-5-35(6-22-43)51(61)62)80-91(47-29-13-39(14-30-47)55(69)70)81-88(75-85,44-23-7-36(8-24-44)52(63)64)79-90(77-86,46-27-11-38(12-28-46)54(67)68)83-92(82-89,84-91)48-31-15-40(16-32-48)56(71)72/h1-32H,(H,57,58)(H,59,60)(H,61,62)(H,63,64)(H,65,66)(H,67,68)(H,69,70)(H,71,72). The second-order valence-electron chi connectivity index (χ2n) is 20.7. The van der Waals surface area contributed by atoms with Crippen molar-refractivity contribution in [1.82, 2.24) is 0 Å². The van der Waals surface area contributed by atoms with E-state index in [-0.39, 0.29) is 86.0 Å². The summed E-state index contributed by atoms with van der Waals surface area (Å²) in [5.74, 6) is -11.3. The van der Waals surface area contributed by atoms with Crippen molar-refractivity contribution < 1.29 is 129 Å². The average molecular weight is 1390 g/mol. The number of benzene rings is 8. The molecular formula is C56H40O28Si8. The summed E-state index contributed by atoms with van der Waals surface area (Å²) < 4.78 is 94.0. The van der Waals surface area contributed by atoms with Crippen LogP contribution in [0.1, 0.15) is 82.9 Å². The molecule has 464 valence electrons. The van der Waals surface area contributed by atoms with Crippen molar-refractivity contribution in [3.63, 3.8) is 0 Å². The van der Waals surface area contributed by atoms with Crippen molar-refractivity contribution in [3.8, 4) is 0 Å². The Morgan fingerprint density at radius 3 is 0.304 bits per heavy atom. The Kier molecular flexibility index (Phi) is 14.9. The Morgan fingerprint density at radius 2 is 0.239 bits per heavy atom. The van der Waals surface area contributed by atoms with Crippen LogP contribution < -0.4 is 41.5 Å². The first-order valence-electron chi connectivity index (χ1n) is 26.9. The molecule has 0 amide bonds. The fourth-order valence-electron chi connectivity index (χ4n) is 10.6. The molecule has 8 aromatic rings. The van der Waals surface area contributed by atoms with Crippen LogP contribution in [0, 0.1) is 0 Å². The Bertz CT molecular complexity index is 3480. The molecule has 6 aliphatic heterocycles. The molecule has 28 nitrogen and oxygen atoms in total. The van der Waals surface area contributed by atoms with Crippen LogP contribution in [0.5, 0.6) is 0 Å². The van der Waals surface area contributed by atoms with Gasteiger partial charge in [-0.2, -0.15) is 0 Å². The van der Waals surface area contributed by atoms with Gasteiger partial charge in [0, 0.05) is 41.5 Å². The van der Waals surface area contributed by atoms with Crippen LogP contribution in [-0.2, 0) is 49.4 Å². The molecule has 0 saturated carbocycles. The lowest BCUT2D eigenvalue weighted by atomic mass is 10.2. The molecule has 6 saturated heterocycles. The minimum atomic E-state index is -5.82. The van der Waals surface area contributed by atoms with Gasteiger partial charge in [0.25, 0.3) is 0 Å². The Morgan fingerprint density at radius 1 is 0.163 bits per heavy atom. The lowest BCUT2D eigenvalue weighted by Crippen LogP contribution is -2.96. The molecule has 6 aliphatic rings. The van der Waals surface area contributed by atoms with Crippen molar-refractivity contribution in [2.75, 3.05) is 0 Å². The van der Waals surface area contributed by atoms with Gasteiger partial charge in [-0.1, -0.05) is 97.1 Å². The van der Waals surface area contributed by atoms with E-state index in [0.717, 1.165) is 97.1 Å². The van der Waals surface area contributed by atoms with Gasteiger partial charge in [0.1, 0.15) is 0 Å². The van der Waals surface area contributed by atoms with E-state index < -0.39 is 118 Å². The van der Waals surface area contributed by atoms with Gasteiger partial charge in [-0.05, 0) is 97.1 Å². The lowest BCUT2D eigenvalue weighted by molar-refractivity contribution is -0.00360. The summed E-state index contributed by atoms with van der Waals surface area (Å²) in [6, 6.07) is 38.3. The Balaban J connectivity index is 1.27. The zero-order valence-corrected chi connectivity index (χ0v) is 54.2. The molecule has 0 radical (unpaired) electrons. The van der Waals surface area contributed by atoms with Crippen LogP contribution in [-0.4, -0.2) is 159 Å². The van der Waals surface area contributed by atoms with Crippen molar-refractivity contribution in [3.05, 3.63) is 239 Å². The van der Waals surface area contributed by atoms with Crippen LogP contribution >= 0.6 is 0 Å². The van der Waals surface area contributed by atoms with Crippen molar-refractivity contribution >= 4 is 160 Å². The molecule has 36 heteroatoms. The van der Waals surface area contributed by atoms with E-state index in [1.807, 2.05) is 0 Å². The first-order chi connectivity index (χ1) is 43.8. The number of carboxylic acid groups (broad SMARTS) is 8. The normalized spacial score (nSPS) is 27.7. The summed E-state index contributed by atoms with van der Waals surface area (Å²) in [7, 11) is -46.5. The smallest absolute Gasteiger partial charge is 0.478 e. The monoisotopic (exact) mass is 1380 g/mol. The highest BCUT2D eigenvalue weighted by Gasteiger charge is 2.86. The van der Waals surface area contributed by atoms with Crippen LogP contribution in [0.3, 0.4) is 0 Å². The predicted octanol–water partition coefficient (Wildman–Crippen LogP) is 0.608.